The topological polar surface area (TPSA) is 87.5 Å². The lowest BCUT2D eigenvalue weighted by Gasteiger charge is -2.28. The van der Waals surface area contributed by atoms with Gasteiger partial charge in [-0.1, -0.05) is 36.4 Å². The molecule has 0 bridgehead atoms. The van der Waals surface area contributed by atoms with E-state index in [2.05, 4.69) is 10.3 Å². The first-order chi connectivity index (χ1) is 16.0. The summed E-state index contributed by atoms with van der Waals surface area (Å²) in [5.41, 5.74) is 3.27. The number of fused-ring (bicyclic) bond motifs is 3. The number of hydrogen-bond donors (Lipinski definition) is 2. The van der Waals surface area contributed by atoms with Gasteiger partial charge in [0.15, 0.2) is 0 Å². The van der Waals surface area contributed by atoms with Crippen molar-refractivity contribution in [2.45, 2.75) is 31.6 Å². The molecule has 0 radical (unpaired) electrons. The molecule has 1 aromatic carbocycles. The predicted molar refractivity (Wildman–Crippen MR) is 125 cm³/mol. The Bertz CT molecular complexity index is 1210. The number of rotatable bonds is 5. The number of amides is 1. The SMILES string of the molecule is C[C@@H](NC(=O)[C@@H]1[C@@H](CO)[C@@H]2Cn3c(ccc(-c4cccnc4)c3=O)[C@@H]2N1C)c1ccccc1. The standard InChI is InChI=1S/C26H28N4O3/c1-16(17-7-4-3-5-8-17)28-25(32)24-21(15-31)20-14-30-22(23(20)29(24)2)11-10-19(26(30)33)18-9-6-12-27-13-18/h3-13,16,20-21,23-24,31H,14-15H2,1-2H3,(H,28,32)/t16-,20+,21+,23-,24+/m1/s1. The molecule has 33 heavy (non-hydrogen) atoms. The number of carbonyl (C=O) groups excluding carboxylic acids is 1. The molecule has 1 saturated heterocycles. The monoisotopic (exact) mass is 444 g/mol. The number of likely N-dealkylation sites (tertiary alicyclic amines) is 1. The lowest BCUT2D eigenvalue weighted by molar-refractivity contribution is -0.127. The van der Waals surface area contributed by atoms with Gasteiger partial charge < -0.3 is 15.0 Å². The number of aliphatic hydroxyl groups excluding tert-OH is 1. The average Bonchev–Trinajstić information content (AvgIpc) is 3.35. The Morgan fingerprint density at radius 2 is 1.97 bits per heavy atom. The van der Waals surface area contributed by atoms with Gasteiger partial charge in [0.1, 0.15) is 0 Å². The first kappa shape index (κ1) is 21.6. The van der Waals surface area contributed by atoms with Crippen molar-refractivity contribution in [1.29, 1.82) is 0 Å². The van der Waals surface area contributed by atoms with Crippen LogP contribution in [0.1, 0.15) is 30.3 Å². The van der Waals surface area contributed by atoms with Crippen LogP contribution in [-0.2, 0) is 11.3 Å². The molecule has 1 amide bonds. The fourth-order valence-electron chi connectivity index (χ4n) is 5.64. The van der Waals surface area contributed by atoms with Gasteiger partial charge in [0, 0.05) is 54.2 Å². The van der Waals surface area contributed by atoms with Crippen LogP contribution in [-0.4, -0.2) is 45.2 Å². The third kappa shape index (κ3) is 3.57. The van der Waals surface area contributed by atoms with Gasteiger partial charge in [0.25, 0.3) is 5.56 Å². The van der Waals surface area contributed by atoms with Crippen molar-refractivity contribution in [3.8, 4) is 11.1 Å². The van der Waals surface area contributed by atoms with E-state index in [1.165, 1.54) is 0 Å². The summed E-state index contributed by atoms with van der Waals surface area (Å²) >= 11 is 0. The van der Waals surface area contributed by atoms with Crippen LogP contribution in [0.4, 0.5) is 0 Å². The van der Waals surface area contributed by atoms with Crippen LogP contribution >= 0.6 is 0 Å². The number of hydrogen-bond acceptors (Lipinski definition) is 5. The maximum absolute atomic E-state index is 13.3. The van der Waals surface area contributed by atoms with Crippen LogP contribution in [0, 0.1) is 11.8 Å². The Kier molecular flexibility index (Phi) is 5.60. The summed E-state index contributed by atoms with van der Waals surface area (Å²) in [6.07, 6.45) is 3.37. The Balaban J connectivity index is 1.43. The Hall–Kier alpha value is -3.29. The zero-order chi connectivity index (χ0) is 23.1. The van der Waals surface area contributed by atoms with E-state index in [9.17, 15) is 14.7 Å². The summed E-state index contributed by atoms with van der Waals surface area (Å²) in [5.74, 6) is -0.369. The molecule has 0 unspecified atom stereocenters. The van der Waals surface area contributed by atoms with Crippen molar-refractivity contribution >= 4 is 5.91 Å². The molecule has 3 aromatic rings. The molecule has 2 N–H and O–H groups in total. The largest absolute Gasteiger partial charge is 0.396 e. The van der Waals surface area contributed by atoms with Crippen molar-refractivity contribution in [2.24, 2.45) is 11.8 Å². The van der Waals surface area contributed by atoms with Crippen molar-refractivity contribution in [3.63, 3.8) is 0 Å². The Morgan fingerprint density at radius 1 is 1.18 bits per heavy atom. The number of nitrogens with one attached hydrogen (secondary N) is 1. The third-order valence-corrected chi connectivity index (χ3v) is 7.25. The van der Waals surface area contributed by atoms with E-state index < -0.39 is 6.04 Å². The van der Waals surface area contributed by atoms with Crippen LogP contribution < -0.4 is 10.9 Å². The number of pyridine rings is 2. The van der Waals surface area contributed by atoms with Crippen LogP contribution in [0.2, 0.25) is 0 Å². The van der Waals surface area contributed by atoms with E-state index in [1.54, 1.807) is 17.0 Å². The second kappa shape index (κ2) is 8.57. The average molecular weight is 445 g/mol. The third-order valence-electron chi connectivity index (χ3n) is 7.25. The van der Waals surface area contributed by atoms with Crippen molar-refractivity contribution in [3.05, 3.63) is 88.6 Å². The fourth-order valence-corrected chi connectivity index (χ4v) is 5.64. The fraction of sp³-hybridized carbons (Fsp3) is 0.346. The molecule has 5 atom stereocenters. The predicted octanol–water partition coefficient (Wildman–Crippen LogP) is 2.38. The first-order valence-corrected chi connectivity index (χ1v) is 11.3. The van der Waals surface area contributed by atoms with Gasteiger partial charge in [0.05, 0.1) is 18.1 Å². The first-order valence-electron chi connectivity index (χ1n) is 11.3. The van der Waals surface area contributed by atoms with Crippen molar-refractivity contribution in [1.82, 2.24) is 19.8 Å². The van der Waals surface area contributed by atoms with Gasteiger partial charge in [-0.15, -0.1) is 0 Å². The quantitative estimate of drug-likeness (QED) is 0.631. The number of nitrogens with zero attached hydrogens (tertiary/aromatic N) is 3. The minimum Gasteiger partial charge on any atom is -0.396 e. The second-order valence-corrected chi connectivity index (χ2v) is 9.04. The van der Waals surface area contributed by atoms with Gasteiger partial charge in [-0.25, -0.2) is 0 Å². The highest BCUT2D eigenvalue weighted by atomic mass is 16.3. The summed E-state index contributed by atoms with van der Waals surface area (Å²) < 4.78 is 1.80. The molecule has 4 heterocycles. The highest BCUT2D eigenvalue weighted by Crippen LogP contribution is 2.48. The lowest BCUT2D eigenvalue weighted by atomic mass is 9.88. The zero-order valence-electron chi connectivity index (χ0n) is 18.8. The van der Waals surface area contributed by atoms with Gasteiger partial charge in [0.2, 0.25) is 5.91 Å². The summed E-state index contributed by atoms with van der Waals surface area (Å²) in [5, 5.41) is 13.4. The minimum absolute atomic E-state index is 0.0142. The zero-order valence-corrected chi connectivity index (χ0v) is 18.8. The van der Waals surface area contributed by atoms with Gasteiger partial charge >= 0.3 is 0 Å². The molecule has 0 aliphatic carbocycles. The molecule has 5 rings (SSSR count). The molecular weight excluding hydrogens is 416 g/mol. The summed E-state index contributed by atoms with van der Waals surface area (Å²) in [6, 6.07) is 16.7. The minimum atomic E-state index is -0.460. The molecule has 0 saturated carbocycles. The van der Waals surface area contributed by atoms with Crippen molar-refractivity contribution < 1.29 is 9.90 Å². The number of aromatic nitrogens is 2. The maximum atomic E-state index is 13.3. The molecule has 1 fully saturated rings. The molecule has 7 heteroatoms. The van der Waals surface area contributed by atoms with Gasteiger partial charge in [-0.3, -0.25) is 19.5 Å². The second-order valence-electron chi connectivity index (χ2n) is 9.04. The molecule has 2 aliphatic rings. The van der Waals surface area contributed by atoms with E-state index >= 15 is 0 Å². The van der Waals surface area contributed by atoms with E-state index in [1.807, 2.05) is 73.5 Å². The Labute approximate surface area is 192 Å². The molecule has 7 nitrogen and oxygen atoms in total. The molecule has 170 valence electrons. The summed E-state index contributed by atoms with van der Waals surface area (Å²) in [7, 11) is 1.92. The molecule has 2 aliphatic heterocycles. The summed E-state index contributed by atoms with van der Waals surface area (Å²) in [6.45, 7) is 2.34. The normalized spacial score (nSPS) is 24.8. The van der Waals surface area contributed by atoms with Crippen LogP contribution in [0.25, 0.3) is 11.1 Å². The maximum Gasteiger partial charge on any atom is 0.258 e. The summed E-state index contributed by atoms with van der Waals surface area (Å²) in [4.78, 5) is 32.8. The molecular formula is C26H28N4O3. The molecule has 0 spiro atoms. The smallest absolute Gasteiger partial charge is 0.258 e. The number of carbonyl (C=O) groups is 1. The number of likely N-dealkylation sites (N-methyl/N-ethyl adjacent to an activating group) is 1. The van der Waals surface area contributed by atoms with Crippen molar-refractivity contribution in [2.75, 3.05) is 13.7 Å². The van der Waals surface area contributed by atoms with E-state index in [4.69, 9.17) is 0 Å². The van der Waals surface area contributed by atoms with E-state index in [0.29, 0.717) is 12.1 Å². The highest BCUT2D eigenvalue weighted by Gasteiger charge is 2.54. The van der Waals surface area contributed by atoms with Crippen LogP contribution in [0.3, 0.4) is 0 Å². The van der Waals surface area contributed by atoms with Crippen LogP contribution in [0.5, 0.6) is 0 Å². The number of aliphatic hydroxyl groups is 1. The molecule has 2 aromatic heterocycles. The van der Waals surface area contributed by atoms with Crippen LogP contribution in [0.15, 0.2) is 71.8 Å². The lowest BCUT2D eigenvalue weighted by Crippen LogP contribution is -2.47. The number of benzene rings is 1. The van der Waals surface area contributed by atoms with E-state index in [0.717, 1.165) is 16.8 Å². The van der Waals surface area contributed by atoms with E-state index in [-0.39, 0.29) is 42.0 Å². The Morgan fingerprint density at radius 3 is 2.67 bits per heavy atom. The van der Waals surface area contributed by atoms with Gasteiger partial charge in [-0.2, -0.15) is 0 Å². The highest BCUT2D eigenvalue weighted by molar-refractivity contribution is 5.83. The van der Waals surface area contributed by atoms with Gasteiger partial charge in [-0.05, 0) is 37.7 Å².